The van der Waals surface area contributed by atoms with E-state index in [0.717, 1.165) is 31.4 Å². The Kier molecular flexibility index (Phi) is 6.81. The van der Waals surface area contributed by atoms with E-state index < -0.39 is 21.4 Å². The monoisotopic (exact) mass is 533 g/mol. The van der Waals surface area contributed by atoms with Gasteiger partial charge in [-0.25, -0.2) is 18.4 Å². The highest BCUT2D eigenvalue weighted by molar-refractivity contribution is 7.92. The van der Waals surface area contributed by atoms with E-state index >= 15 is 0 Å². The van der Waals surface area contributed by atoms with Gasteiger partial charge in [-0.2, -0.15) is 0 Å². The number of carbonyl (C=O) groups is 2. The van der Waals surface area contributed by atoms with E-state index in [0.29, 0.717) is 29.5 Å². The van der Waals surface area contributed by atoms with Gasteiger partial charge in [0.15, 0.2) is 16.6 Å². The van der Waals surface area contributed by atoms with E-state index in [1.807, 2.05) is 0 Å². The number of aromatic nitrogens is 2. The molecule has 1 fully saturated rings. The lowest BCUT2D eigenvalue weighted by Crippen LogP contribution is -2.39. The number of sulfone groups is 1. The summed E-state index contributed by atoms with van der Waals surface area (Å²) in [5, 5.41) is -0.239. The van der Waals surface area contributed by atoms with Crippen molar-refractivity contribution in [3.05, 3.63) is 71.4 Å². The molecule has 8 nitrogen and oxygen atoms in total. The van der Waals surface area contributed by atoms with Gasteiger partial charge < -0.3 is 9.64 Å². The molecule has 1 aliphatic carbocycles. The summed E-state index contributed by atoms with van der Waals surface area (Å²) in [5.41, 5.74) is 1.71. The number of carbonyl (C=O) groups excluding carboxylic acids is 2. The van der Waals surface area contributed by atoms with Gasteiger partial charge in [-0.1, -0.05) is 13.0 Å². The van der Waals surface area contributed by atoms with Crippen molar-refractivity contribution in [2.75, 3.05) is 17.2 Å². The van der Waals surface area contributed by atoms with Crippen molar-refractivity contribution in [1.82, 2.24) is 9.97 Å². The molecule has 1 aliphatic heterocycles. The number of benzene rings is 1. The number of ketones is 2. The Morgan fingerprint density at radius 3 is 2.71 bits per heavy atom. The predicted octanol–water partition coefficient (Wildman–Crippen LogP) is 5.07. The molecule has 1 aromatic carbocycles. The lowest BCUT2D eigenvalue weighted by Gasteiger charge is -2.33. The number of ether oxygens (including phenoxy) is 1. The van der Waals surface area contributed by atoms with Crippen molar-refractivity contribution < 1.29 is 22.7 Å². The van der Waals surface area contributed by atoms with Crippen molar-refractivity contribution in [3.8, 4) is 11.6 Å². The van der Waals surface area contributed by atoms with Crippen LogP contribution in [-0.4, -0.2) is 47.8 Å². The van der Waals surface area contributed by atoms with Gasteiger partial charge in [-0.3, -0.25) is 9.59 Å². The number of hydrogen-bond donors (Lipinski definition) is 0. The van der Waals surface area contributed by atoms with E-state index in [1.165, 1.54) is 12.1 Å². The summed E-state index contributed by atoms with van der Waals surface area (Å²) in [5.74, 6) is 0.366. The fourth-order valence-corrected chi connectivity index (χ4v) is 6.71. The van der Waals surface area contributed by atoms with Crippen LogP contribution in [0.4, 0.5) is 5.82 Å². The standard InChI is InChI=1S/C29H31N3O5S/c1-19-16-29(2,3)32(17-19)28-23(8-6-14-30-28)25(34)18-38(35,36)27-11-5-10-26(31-27)37-21-12-13-22-20(15-21)7-4-9-24(22)33/h5-6,8,10-15,19H,4,7,9,16-18H2,1-3H3. The van der Waals surface area contributed by atoms with Gasteiger partial charge in [-0.05, 0) is 81.0 Å². The summed E-state index contributed by atoms with van der Waals surface area (Å²) in [4.78, 5) is 36.1. The lowest BCUT2D eigenvalue weighted by molar-refractivity contribution is 0.0971. The zero-order valence-electron chi connectivity index (χ0n) is 21.8. The summed E-state index contributed by atoms with van der Waals surface area (Å²) in [6.45, 7) is 7.11. The van der Waals surface area contributed by atoms with Crippen molar-refractivity contribution in [2.45, 2.75) is 57.0 Å². The van der Waals surface area contributed by atoms with E-state index in [4.69, 9.17) is 4.74 Å². The Morgan fingerprint density at radius 1 is 1.13 bits per heavy atom. The van der Waals surface area contributed by atoms with Gasteiger partial charge in [0.25, 0.3) is 0 Å². The third-order valence-electron chi connectivity index (χ3n) is 7.20. The number of fused-ring (bicyclic) bond motifs is 1. The minimum atomic E-state index is -4.06. The first kappa shape index (κ1) is 26.0. The van der Waals surface area contributed by atoms with E-state index in [2.05, 4.69) is 35.6 Å². The van der Waals surface area contributed by atoms with Crippen molar-refractivity contribution in [2.24, 2.45) is 5.92 Å². The van der Waals surface area contributed by atoms with Crippen LogP contribution in [0.3, 0.4) is 0 Å². The summed E-state index contributed by atoms with van der Waals surface area (Å²) in [6, 6.07) is 12.9. The van der Waals surface area contributed by atoms with Crippen molar-refractivity contribution in [1.29, 1.82) is 0 Å². The van der Waals surface area contributed by atoms with E-state index in [-0.39, 0.29) is 27.8 Å². The molecular weight excluding hydrogens is 502 g/mol. The second-order valence-electron chi connectivity index (χ2n) is 10.8. The highest BCUT2D eigenvalue weighted by Crippen LogP contribution is 2.37. The summed E-state index contributed by atoms with van der Waals surface area (Å²) in [7, 11) is -4.06. The molecular formula is C29H31N3O5S. The number of aryl methyl sites for hydroxylation is 1. The Balaban J connectivity index is 1.36. The SMILES string of the molecule is CC1CN(c2ncccc2C(=O)CS(=O)(=O)c2cccc(Oc3ccc4c(c3)CCCC4=O)n2)C(C)(C)C1. The highest BCUT2D eigenvalue weighted by Gasteiger charge is 2.39. The van der Waals surface area contributed by atoms with Crippen molar-refractivity contribution >= 4 is 27.2 Å². The molecule has 1 saturated heterocycles. The number of hydrogen-bond acceptors (Lipinski definition) is 8. The Bertz CT molecular complexity index is 1520. The van der Waals surface area contributed by atoms with Gasteiger partial charge in [0.2, 0.25) is 15.7 Å². The summed E-state index contributed by atoms with van der Waals surface area (Å²) in [6.07, 6.45) is 4.70. The number of Topliss-reactive ketones (excluding diaryl/α,β-unsaturated/α-hetero) is 2. The lowest BCUT2D eigenvalue weighted by atomic mass is 9.91. The van der Waals surface area contributed by atoms with Crippen LogP contribution in [0.2, 0.25) is 0 Å². The maximum absolute atomic E-state index is 13.3. The molecule has 0 spiro atoms. The van der Waals surface area contributed by atoms with E-state index in [1.54, 1.807) is 42.6 Å². The van der Waals surface area contributed by atoms with Gasteiger partial charge in [0, 0.05) is 36.3 Å². The van der Waals surface area contributed by atoms with Crippen LogP contribution in [0.25, 0.3) is 0 Å². The molecule has 2 aromatic heterocycles. The smallest absolute Gasteiger partial charge is 0.220 e. The van der Waals surface area contributed by atoms with Crippen LogP contribution in [-0.2, 0) is 16.3 Å². The molecule has 0 bridgehead atoms. The molecule has 9 heteroatoms. The topological polar surface area (TPSA) is 107 Å². The van der Waals surface area contributed by atoms with Crippen LogP contribution in [0.5, 0.6) is 11.6 Å². The quantitative estimate of drug-likeness (QED) is 0.388. The van der Waals surface area contributed by atoms with Crippen LogP contribution in [0, 0.1) is 5.92 Å². The summed E-state index contributed by atoms with van der Waals surface area (Å²) >= 11 is 0. The second kappa shape index (κ2) is 9.94. The maximum Gasteiger partial charge on any atom is 0.220 e. The molecule has 0 saturated carbocycles. The third-order valence-corrected chi connectivity index (χ3v) is 8.71. The van der Waals surface area contributed by atoms with Gasteiger partial charge in [0.1, 0.15) is 17.3 Å². The van der Waals surface area contributed by atoms with Crippen LogP contribution >= 0.6 is 0 Å². The molecule has 2 aliphatic rings. The number of rotatable bonds is 7. The first-order valence-corrected chi connectivity index (χ1v) is 14.5. The zero-order valence-corrected chi connectivity index (χ0v) is 22.6. The molecule has 1 atom stereocenters. The minimum Gasteiger partial charge on any atom is -0.439 e. The normalized spacial score (nSPS) is 18.8. The Hall–Kier alpha value is -3.59. The molecule has 38 heavy (non-hydrogen) atoms. The molecule has 0 radical (unpaired) electrons. The zero-order chi connectivity index (χ0) is 27.1. The average molecular weight is 534 g/mol. The van der Waals surface area contributed by atoms with Crippen LogP contribution in [0.15, 0.2) is 59.8 Å². The van der Waals surface area contributed by atoms with Crippen molar-refractivity contribution in [3.63, 3.8) is 0 Å². The number of nitrogens with zero attached hydrogens (tertiary/aromatic N) is 3. The molecule has 198 valence electrons. The second-order valence-corrected chi connectivity index (χ2v) is 12.7. The van der Waals surface area contributed by atoms with Gasteiger partial charge >= 0.3 is 0 Å². The summed E-state index contributed by atoms with van der Waals surface area (Å²) < 4.78 is 32.3. The molecule has 0 N–H and O–H groups in total. The Labute approximate surface area is 223 Å². The average Bonchev–Trinajstić information content (AvgIpc) is 3.15. The molecule has 3 aromatic rings. The fraction of sp³-hybridized carbons (Fsp3) is 0.379. The first-order valence-electron chi connectivity index (χ1n) is 12.8. The molecule has 5 rings (SSSR count). The van der Waals surface area contributed by atoms with Gasteiger partial charge in [-0.15, -0.1) is 0 Å². The Morgan fingerprint density at radius 2 is 1.95 bits per heavy atom. The largest absolute Gasteiger partial charge is 0.439 e. The maximum atomic E-state index is 13.3. The third kappa shape index (κ3) is 5.20. The van der Waals surface area contributed by atoms with Crippen LogP contribution in [0.1, 0.15) is 66.3 Å². The number of anilines is 1. The molecule has 3 heterocycles. The van der Waals surface area contributed by atoms with E-state index in [9.17, 15) is 18.0 Å². The van der Waals surface area contributed by atoms with Gasteiger partial charge in [0.05, 0.1) is 5.56 Å². The molecule has 1 unspecified atom stereocenters. The first-order chi connectivity index (χ1) is 18.0. The predicted molar refractivity (Wildman–Crippen MR) is 144 cm³/mol. The van der Waals surface area contributed by atoms with Crippen LogP contribution < -0.4 is 9.64 Å². The minimum absolute atomic E-state index is 0.0930. The fourth-order valence-electron chi connectivity index (χ4n) is 5.55. The highest BCUT2D eigenvalue weighted by atomic mass is 32.2. The number of pyridine rings is 2. The molecule has 0 amide bonds.